The fourth-order valence-corrected chi connectivity index (χ4v) is 2.47. The fourth-order valence-electron chi connectivity index (χ4n) is 1.54. The first-order valence-electron chi connectivity index (χ1n) is 6.35. The van der Waals surface area contributed by atoms with E-state index in [-0.39, 0.29) is 12.6 Å². The molecule has 0 radical (unpaired) electrons. The molecule has 3 nitrogen and oxygen atoms in total. The van der Waals surface area contributed by atoms with Crippen molar-refractivity contribution in [1.29, 1.82) is 0 Å². The average molecular weight is 320 g/mol. The SMILES string of the molecule is C/C=C/C=C/C(=O)OCc1csc(-c2ccc(Cl)cc2)n1. The van der Waals surface area contributed by atoms with Crippen molar-refractivity contribution in [2.45, 2.75) is 13.5 Å². The van der Waals surface area contributed by atoms with E-state index >= 15 is 0 Å². The maximum Gasteiger partial charge on any atom is 0.331 e. The number of hydrogen-bond acceptors (Lipinski definition) is 4. The Labute approximate surface area is 132 Å². The van der Waals surface area contributed by atoms with Crippen molar-refractivity contribution in [3.05, 3.63) is 64.7 Å². The summed E-state index contributed by atoms with van der Waals surface area (Å²) in [4.78, 5) is 15.9. The van der Waals surface area contributed by atoms with Gasteiger partial charge in [0, 0.05) is 22.0 Å². The van der Waals surface area contributed by atoms with E-state index in [2.05, 4.69) is 4.98 Å². The van der Waals surface area contributed by atoms with Crippen molar-refractivity contribution in [3.8, 4) is 10.6 Å². The van der Waals surface area contributed by atoms with Gasteiger partial charge in [-0.1, -0.05) is 42.0 Å². The number of carbonyl (C=O) groups is 1. The number of halogens is 1. The number of nitrogens with zero attached hydrogens (tertiary/aromatic N) is 1. The summed E-state index contributed by atoms with van der Waals surface area (Å²) in [5, 5.41) is 3.45. The fraction of sp³-hybridized carbons (Fsp3) is 0.125. The summed E-state index contributed by atoms with van der Waals surface area (Å²) >= 11 is 7.36. The third-order valence-corrected chi connectivity index (χ3v) is 3.73. The predicted octanol–water partition coefficient (Wildman–Crippen LogP) is 4.64. The molecule has 0 saturated heterocycles. The van der Waals surface area contributed by atoms with Crippen LogP contribution < -0.4 is 0 Å². The monoisotopic (exact) mass is 319 g/mol. The molecule has 0 N–H and O–H groups in total. The van der Waals surface area contributed by atoms with E-state index in [1.54, 1.807) is 12.2 Å². The van der Waals surface area contributed by atoms with Crippen molar-refractivity contribution in [2.24, 2.45) is 0 Å². The number of benzene rings is 1. The second kappa shape index (κ2) is 7.76. The molecule has 0 saturated carbocycles. The average Bonchev–Trinajstić information content (AvgIpc) is 2.95. The summed E-state index contributed by atoms with van der Waals surface area (Å²) in [5.41, 5.74) is 1.73. The van der Waals surface area contributed by atoms with Crippen molar-refractivity contribution in [2.75, 3.05) is 0 Å². The summed E-state index contributed by atoms with van der Waals surface area (Å²) in [6.45, 7) is 2.05. The van der Waals surface area contributed by atoms with E-state index in [1.807, 2.05) is 42.6 Å². The number of aromatic nitrogens is 1. The van der Waals surface area contributed by atoms with Gasteiger partial charge in [0.05, 0.1) is 5.69 Å². The van der Waals surface area contributed by atoms with E-state index in [0.29, 0.717) is 5.02 Å². The van der Waals surface area contributed by atoms with Gasteiger partial charge in [0.1, 0.15) is 11.6 Å². The summed E-state index contributed by atoms with van der Waals surface area (Å²) in [5.74, 6) is -0.380. The molecule has 0 unspecified atom stereocenters. The zero-order chi connectivity index (χ0) is 15.1. The topological polar surface area (TPSA) is 39.2 Å². The van der Waals surface area contributed by atoms with E-state index in [0.717, 1.165) is 16.3 Å². The van der Waals surface area contributed by atoms with Gasteiger partial charge in [-0.15, -0.1) is 11.3 Å². The lowest BCUT2D eigenvalue weighted by atomic mass is 10.2. The Balaban J connectivity index is 1.94. The van der Waals surface area contributed by atoms with Crippen LogP contribution in [-0.4, -0.2) is 11.0 Å². The molecule has 0 spiro atoms. The lowest BCUT2D eigenvalue weighted by Crippen LogP contribution is -2.00. The molecule has 0 aliphatic heterocycles. The minimum Gasteiger partial charge on any atom is -0.456 e. The Morgan fingerprint density at radius 2 is 2.10 bits per heavy atom. The van der Waals surface area contributed by atoms with Crippen LogP contribution in [0.15, 0.2) is 53.9 Å². The molecule has 1 heterocycles. The summed E-state index contributed by atoms with van der Waals surface area (Å²) in [7, 11) is 0. The van der Waals surface area contributed by atoms with Crippen molar-refractivity contribution < 1.29 is 9.53 Å². The van der Waals surface area contributed by atoms with Gasteiger partial charge in [0.15, 0.2) is 0 Å². The van der Waals surface area contributed by atoms with E-state index < -0.39 is 0 Å². The third kappa shape index (κ3) is 4.85. The normalized spacial score (nSPS) is 11.3. The van der Waals surface area contributed by atoms with Crippen LogP contribution >= 0.6 is 22.9 Å². The first kappa shape index (κ1) is 15.5. The highest BCUT2D eigenvalue weighted by Gasteiger charge is 2.06. The number of allylic oxidation sites excluding steroid dienone is 3. The van der Waals surface area contributed by atoms with Gasteiger partial charge in [-0.05, 0) is 19.1 Å². The third-order valence-electron chi connectivity index (χ3n) is 2.54. The Bertz CT molecular complexity index is 659. The standard InChI is InChI=1S/C16H14ClNO2S/c1-2-3-4-5-15(19)20-10-14-11-21-16(18-14)12-6-8-13(17)9-7-12/h2-9,11H,10H2,1H3/b3-2+,5-4+. The maximum absolute atomic E-state index is 11.4. The van der Waals surface area contributed by atoms with Gasteiger partial charge in [-0.25, -0.2) is 9.78 Å². The lowest BCUT2D eigenvalue weighted by Gasteiger charge is -1.98. The van der Waals surface area contributed by atoms with Crippen LogP contribution in [0, 0.1) is 0 Å². The Hall–Kier alpha value is -1.91. The Kier molecular flexibility index (Phi) is 5.72. The van der Waals surface area contributed by atoms with Crippen LogP contribution in [0.25, 0.3) is 10.6 Å². The molecule has 0 amide bonds. The molecule has 21 heavy (non-hydrogen) atoms. The minimum atomic E-state index is -0.380. The quantitative estimate of drug-likeness (QED) is 0.458. The smallest absolute Gasteiger partial charge is 0.331 e. The van der Waals surface area contributed by atoms with Crippen LogP contribution in [0.3, 0.4) is 0 Å². The first-order valence-corrected chi connectivity index (χ1v) is 7.61. The summed E-state index contributed by atoms with van der Waals surface area (Å²) in [6, 6.07) is 7.47. The van der Waals surface area contributed by atoms with Crippen LogP contribution in [-0.2, 0) is 16.1 Å². The van der Waals surface area contributed by atoms with Crippen LogP contribution in [0.4, 0.5) is 0 Å². The molecule has 1 aromatic carbocycles. The highest BCUT2D eigenvalue weighted by Crippen LogP contribution is 2.25. The van der Waals surface area contributed by atoms with E-state index in [1.165, 1.54) is 17.4 Å². The predicted molar refractivity (Wildman–Crippen MR) is 86.3 cm³/mol. The molecule has 0 aliphatic carbocycles. The first-order chi connectivity index (χ1) is 10.2. The lowest BCUT2D eigenvalue weighted by molar-refractivity contribution is -0.139. The van der Waals surface area contributed by atoms with Gasteiger partial charge in [-0.3, -0.25) is 0 Å². The second-order valence-corrected chi connectivity index (χ2v) is 5.44. The molecule has 108 valence electrons. The molecule has 5 heteroatoms. The molecule has 1 aromatic heterocycles. The number of hydrogen-bond donors (Lipinski definition) is 0. The zero-order valence-corrected chi connectivity index (χ0v) is 13.0. The van der Waals surface area contributed by atoms with E-state index in [9.17, 15) is 4.79 Å². The molecule has 0 fully saturated rings. The minimum absolute atomic E-state index is 0.170. The molecule has 2 aromatic rings. The number of rotatable bonds is 5. The number of thiazole rings is 1. The second-order valence-electron chi connectivity index (χ2n) is 4.14. The maximum atomic E-state index is 11.4. The van der Waals surface area contributed by atoms with Crippen molar-refractivity contribution in [3.63, 3.8) is 0 Å². The molecular formula is C16H14ClNO2S. The Morgan fingerprint density at radius 3 is 2.81 bits per heavy atom. The van der Waals surface area contributed by atoms with Gasteiger partial charge in [-0.2, -0.15) is 0 Å². The van der Waals surface area contributed by atoms with Gasteiger partial charge < -0.3 is 4.74 Å². The Morgan fingerprint density at radius 1 is 1.33 bits per heavy atom. The number of carbonyl (C=O) groups excluding carboxylic acids is 1. The zero-order valence-electron chi connectivity index (χ0n) is 11.5. The molecular weight excluding hydrogens is 306 g/mol. The molecule has 0 bridgehead atoms. The highest BCUT2D eigenvalue weighted by atomic mass is 35.5. The summed E-state index contributed by atoms with van der Waals surface area (Å²) < 4.78 is 5.11. The van der Waals surface area contributed by atoms with Crippen LogP contribution in [0.2, 0.25) is 5.02 Å². The number of esters is 1. The number of ether oxygens (including phenoxy) is 1. The van der Waals surface area contributed by atoms with Gasteiger partial charge in [0.25, 0.3) is 0 Å². The summed E-state index contributed by atoms with van der Waals surface area (Å²) in [6.07, 6.45) is 6.63. The molecule has 0 aliphatic rings. The van der Waals surface area contributed by atoms with Crippen LogP contribution in [0.5, 0.6) is 0 Å². The van der Waals surface area contributed by atoms with Gasteiger partial charge >= 0.3 is 5.97 Å². The van der Waals surface area contributed by atoms with Crippen LogP contribution in [0.1, 0.15) is 12.6 Å². The molecule has 0 atom stereocenters. The highest BCUT2D eigenvalue weighted by molar-refractivity contribution is 7.13. The molecule has 2 rings (SSSR count). The van der Waals surface area contributed by atoms with Crippen molar-refractivity contribution >= 4 is 28.9 Å². The van der Waals surface area contributed by atoms with E-state index in [4.69, 9.17) is 16.3 Å². The largest absolute Gasteiger partial charge is 0.456 e. The van der Waals surface area contributed by atoms with Gasteiger partial charge in [0.2, 0.25) is 0 Å². The van der Waals surface area contributed by atoms with Crippen molar-refractivity contribution in [1.82, 2.24) is 4.98 Å².